The monoisotopic (exact) mass is 595 g/mol. The molecule has 1 aliphatic carbocycles. The van der Waals surface area contributed by atoms with E-state index in [1.807, 2.05) is 18.2 Å². The van der Waals surface area contributed by atoms with Crippen LogP contribution < -0.4 is 5.32 Å². The van der Waals surface area contributed by atoms with Gasteiger partial charge in [0.15, 0.2) is 5.78 Å². The van der Waals surface area contributed by atoms with E-state index in [0.717, 1.165) is 56.4 Å². The summed E-state index contributed by atoms with van der Waals surface area (Å²) in [5.41, 5.74) is 2.75. The van der Waals surface area contributed by atoms with Crippen LogP contribution in [-0.2, 0) is 11.3 Å². The van der Waals surface area contributed by atoms with Gasteiger partial charge in [-0.05, 0) is 43.5 Å². The number of ketones is 1. The van der Waals surface area contributed by atoms with Crippen LogP contribution in [0.3, 0.4) is 0 Å². The maximum absolute atomic E-state index is 12.6. The van der Waals surface area contributed by atoms with Crippen LogP contribution in [-0.4, -0.2) is 54.2 Å². The van der Waals surface area contributed by atoms with E-state index in [4.69, 9.17) is 11.6 Å². The highest BCUT2D eigenvalue weighted by Gasteiger charge is 2.36. The first kappa shape index (κ1) is 24.2. The molecule has 0 radical (unpaired) electrons. The van der Waals surface area contributed by atoms with Gasteiger partial charge in [-0.15, -0.1) is 23.7 Å². The lowest BCUT2D eigenvalue weighted by Gasteiger charge is -2.34. The molecule has 10 heteroatoms. The summed E-state index contributed by atoms with van der Waals surface area (Å²) in [7, 11) is 0. The Hall–Kier alpha value is -0.480. The number of amides is 1. The summed E-state index contributed by atoms with van der Waals surface area (Å²) in [6, 6.07) is 7.67. The molecule has 1 aliphatic heterocycles. The number of halogens is 4. The zero-order valence-electron chi connectivity index (χ0n) is 16.0. The van der Waals surface area contributed by atoms with Crippen molar-refractivity contribution in [2.24, 2.45) is 0 Å². The van der Waals surface area contributed by atoms with E-state index in [9.17, 15) is 9.59 Å². The number of piperazine rings is 1. The van der Waals surface area contributed by atoms with Crippen LogP contribution in [0.1, 0.15) is 33.9 Å². The van der Waals surface area contributed by atoms with Gasteiger partial charge < -0.3 is 5.32 Å². The first-order valence-corrected chi connectivity index (χ1v) is 12.2. The van der Waals surface area contributed by atoms with E-state index in [1.54, 1.807) is 0 Å². The first-order valence-electron chi connectivity index (χ1n) is 9.40. The molecule has 1 fully saturated rings. The van der Waals surface area contributed by atoms with Crippen molar-refractivity contribution in [1.29, 1.82) is 0 Å². The smallest absolute Gasteiger partial charge is 0.234 e. The number of benzene rings is 1. The number of Topliss-reactive ketones (excluding diaryl/α,β-unsaturated/α-hetero) is 1. The number of nitrogens with zero attached hydrogens (tertiary/aromatic N) is 2. The van der Waals surface area contributed by atoms with Crippen molar-refractivity contribution in [3.8, 4) is 0 Å². The molecule has 2 aliphatic rings. The molecule has 0 saturated carbocycles. The third-order valence-corrected chi connectivity index (χ3v) is 8.34. The SMILES string of the molecule is Cl.O=C(CN1CCN(Cc2ccccc2Cl)CC1)NC1CC(=O)c2c(Br)sc(Br)c21. The summed E-state index contributed by atoms with van der Waals surface area (Å²) in [5, 5.41) is 3.85. The van der Waals surface area contributed by atoms with Crippen molar-refractivity contribution in [2.75, 3.05) is 32.7 Å². The van der Waals surface area contributed by atoms with E-state index in [1.165, 1.54) is 11.3 Å². The molecule has 2 heterocycles. The lowest BCUT2D eigenvalue weighted by molar-refractivity contribution is -0.123. The molecule has 1 atom stereocenters. The molecule has 2 aromatic rings. The quantitative estimate of drug-likeness (QED) is 0.532. The molecule has 0 spiro atoms. The first-order chi connectivity index (χ1) is 13.9. The minimum Gasteiger partial charge on any atom is -0.348 e. The lowest BCUT2D eigenvalue weighted by atomic mass is 10.2. The Bertz CT molecular complexity index is 948. The van der Waals surface area contributed by atoms with Gasteiger partial charge in [-0.25, -0.2) is 0 Å². The van der Waals surface area contributed by atoms with Crippen LogP contribution in [0.5, 0.6) is 0 Å². The van der Waals surface area contributed by atoms with Crippen LogP contribution >= 0.6 is 67.2 Å². The van der Waals surface area contributed by atoms with E-state index in [0.29, 0.717) is 18.5 Å². The van der Waals surface area contributed by atoms with Gasteiger partial charge >= 0.3 is 0 Å². The fourth-order valence-corrected chi connectivity index (χ4v) is 7.45. The Morgan fingerprint density at radius 1 is 1.13 bits per heavy atom. The van der Waals surface area contributed by atoms with Crippen molar-refractivity contribution in [2.45, 2.75) is 19.0 Å². The van der Waals surface area contributed by atoms with Gasteiger partial charge in [-0.3, -0.25) is 19.4 Å². The summed E-state index contributed by atoms with van der Waals surface area (Å²) in [6.07, 6.45) is 0.326. The van der Waals surface area contributed by atoms with E-state index < -0.39 is 0 Å². The number of nitrogens with one attached hydrogen (secondary N) is 1. The fourth-order valence-electron chi connectivity index (χ4n) is 3.89. The Labute approximate surface area is 207 Å². The zero-order chi connectivity index (χ0) is 20.5. The maximum atomic E-state index is 12.6. The van der Waals surface area contributed by atoms with Crippen LogP contribution in [0, 0.1) is 0 Å². The largest absolute Gasteiger partial charge is 0.348 e. The van der Waals surface area contributed by atoms with E-state index in [-0.39, 0.29) is 30.1 Å². The molecular formula is C20H21Br2Cl2N3O2S. The Balaban J connectivity index is 0.00000256. The van der Waals surface area contributed by atoms with Gasteiger partial charge in [-0.1, -0.05) is 29.8 Å². The number of carbonyl (C=O) groups is 2. The van der Waals surface area contributed by atoms with Gasteiger partial charge in [0.25, 0.3) is 0 Å². The number of carbonyl (C=O) groups excluding carboxylic acids is 2. The Kier molecular flexibility index (Phi) is 8.40. The number of rotatable bonds is 5. The summed E-state index contributed by atoms with van der Waals surface area (Å²) < 4.78 is 1.74. The normalized spacial score (nSPS) is 19.4. The third kappa shape index (κ3) is 5.28. The molecule has 1 amide bonds. The van der Waals surface area contributed by atoms with Gasteiger partial charge in [-0.2, -0.15) is 0 Å². The number of fused-ring (bicyclic) bond motifs is 1. The highest BCUT2D eigenvalue weighted by molar-refractivity contribution is 9.12. The summed E-state index contributed by atoms with van der Waals surface area (Å²) >= 11 is 14.7. The van der Waals surface area contributed by atoms with Crippen molar-refractivity contribution in [1.82, 2.24) is 15.1 Å². The topological polar surface area (TPSA) is 52.7 Å². The van der Waals surface area contributed by atoms with Gasteiger partial charge in [0, 0.05) is 55.3 Å². The van der Waals surface area contributed by atoms with Crippen molar-refractivity contribution in [3.63, 3.8) is 0 Å². The molecule has 30 heavy (non-hydrogen) atoms. The number of hydrogen-bond acceptors (Lipinski definition) is 5. The average Bonchev–Trinajstić information content (AvgIpc) is 3.16. The van der Waals surface area contributed by atoms with Gasteiger partial charge in [0.1, 0.15) is 0 Å². The minimum atomic E-state index is -0.247. The second-order valence-corrected chi connectivity index (χ2v) is 11.4. The van der Waals surface area contributed by atoms with Crippen LogP contribution in [0.2, 0.25) is 5.02 Å². The number of thiophene rings is 1. The molecular weight excluding hydrogens is 577 g/mol. The zero-order valence-corrected chi connectivity index (χ0v) is 21.6. The average molecular weight is 598 g/mol. The highest BCUT2D eigenvalue weighted by atomic mass is 79.9. The van der Waals surface area contributed by atoms with Crippen LogP contribution in [0.4, 0.5) is 0 Å². The van der Waals surface area contributed by atoms with Gasteiger partial charge in [0.2, 0.25) is 5.91 Å². The second kappa shape index (κ2) is 10.4. The molecule has 1 unspecified atom stereocenters. The molecule has 1 saturated heterocycles. The standard InChI is InChI=1S/C20H20Br2ClN3O2S.ClH/c21-19-17-14(9-15(27)18(17)20(22)29-19)24-16(28)11-26-7-5-25(6-8-26)10-12-3-1-2-4-13(12)23;/h1-4,14H,5-11H2,(H,24,28);1H. The second-order valence-electron chi connectivity index (χ2n) is 7.33. The molecule has 1 aromatic carbocycles. The van der Waals surface area contributed by atoms with Gasteiger partial charge in [0.05, 0.1) is 20.2 Å². The molecule has 1 N–H and O–H groups in total. The predicted molar refractivity (Wildman–Crippen MR) is 130 cm³/mol. The molecule has 1 aromatic heterocycles. The molecule has 162 valence electrons. The van der Waals surface area contributed by atoms with E-state index in [2.05, 4.69) is 53.0 Å². The highest BCUT2D eigenvalue weighted by Crippen LogP contribution is 2.46. The Morgan fingerprint density at radius 3 is 2.50 bits per heavy atom. The minimum absolute atomic E-state index is 0. The summed E-state index contributed by atoms with van der Waals surface area (Å²) in [5.74, 6) is 0.0386. The third-order valence-electron chi connectivity index (χ3n) is 5.39. The van der Waals surface area contributed by atoms with Crippen molar-refractivity contribution < 1.29 is 9.59 Å². The van der Waals surface area contributed by atoms with Crippen molar-refractivity contribution >= 4 is 78.9 Å². The molecule has 5 nitrogen and oxygen atoms in total. The fraction of sp³-hybridized carbons (Fsp3) is 0.400. The Morgan fingerprint density at radius 2 is 1.80 bits per heavy atom. The predicted octanol–water partition coefficient (Wildman–Crippen LogP) is 4.91. The molecule has 0 bridgehead atoms. The summed E-state index contributed by atoms with van der Waals surface area (Å²) in [4.78, 5) is 29.4. The van der Waals surface area contributed by atoms with Crippen molar-refractivity contribution in [3.05, 3.63) is 53.6 Å². The number of hydrogen-bond donors (Lipinski definition) is 1. The van der Waals surface area contributed by atoms with Crippen LogP contribution in [0.25, 0.3) is 0 Å². The summed E-state index contributed by atoms with van der Waals surface area (Å²) in [6.45, 7) is 4.64. The lowest BCUT2D eigenvalue weighted by Crippen LogP contribution is -2.49. The van der Waals surface area contributed by atoms with E-state index >= 15 is 0 Å². The van der Waals surface area contributed by atoms with Crippen LogP contribution in [0.15, 0.2) is 31.8 Å². The maximum Gasteiger partial charge on any atom is 0.234 e. The molecule has 4 rings (SSSR count).